The number of guanidine groups is 1. The minimum atomic E-state index is 0.276. The van der Waals surface area contributed by atoms with Gasteiger partial charge in [-0.25, -0.2) is 0 Å². The van der Waals surface area contributed by atoms with Crippen molar-refractivity contribution in [3.63, 3.8) is 0 Å². The van der Waals surface area contributed by atoms with E-state index in [9.17, 15) is 0 Å². The van der Waals surface area contributed by atoms with E-state index in [4.69, 9.17) is 4.74 Å². The SMILES string of the molecule is CN=C(NCC(C)CN1CCOCC1)NCC1(c2ccccc2)CCC1. The van der Waals surface area contributed by atoms with Crippen LogP contribution in [0.4, 0.5) is 0 Å². The third-order valence-corrected chi connectivity index (χ3v) is 5.81. The fourth-order valence-corrected chi connectivity index (χ4v) is 4.00. The Balaban J connectivity index is 1.44. The largest absolute Gasteiger partial charge is 0.379 e. The molecule has 1 aliphatic carbocycles. The summed E-state index contributed by atoms with van der Waals surface area (Å²) in [6, 6.07) is 10.9. The molecule has 5 nitrogen and oxygen atoms in total. The highest BCUT2D eigenvalue weighted by atomic mass is 16.5. The zero-order valence-corrected chi connectivity index (χ0v) is 16.3. The molecule has 1 saturated carbocycles. The van der Waals surface area contributed by atoms with Gasteiger partial charge in [0.1, 0.15) is 0 Å². The molecule has 2 N–H and O–H groups in total. The van der Waals surface area contributed by atoms with Gasteiger partial charge in [0.05, 0.1) is 13.2 Å². The van der Waals surface area contributed by atoms with Gasteiger partial charge in [-0.05, 0) is 24.3 Å². The molecular formula is C21H34N4O. The Morgan fingerprint density at radius 3 is 2.54 bits per heavy atom. The Labute approximate surface area is 158 Å². The average molecular weight is 359 g/mol. The molecule has 1 aromatic rings. The Hall–Kier alpha value is -1.59. The summed E-state index contributed by atoms with van der Waals surface area (Å²) in [6.07, 6.45) is 3.84. The Bertz CT molecular complexity index is 565. The maximum Gasteiger partial charge on any atom is 0.191 e. The molecule has 0 bridgehead atoms. The van der Waals surface area contributed by atoms with Gasteiger partial charge in [0.15, 0.2) is 5.96 Å². The number of rotatable bonds is 7. The molecule has 1 heterocycles. The van der Waals surface area contributed by atoms with Crippen molar-refractivity contribution in [2.75, 3.05) is 53.0 Å². The predicted octanol–water partition coefficient (Wildman–Crippen LogP) is 2.24. The smallest absolute Gasteiger partial charge is 0.191 e. The van der Waals surface area contributed by atoms with Gasteiger partial charge in [0.25, 0.3) is 0 Å². The van der Waals surface area contributed by atoms with Crippen LogP contribution in [0.25, 0.3) is 0 Å². The molecule has 1 atom stereocenters. The molecule has 2 aliphatic rings. The van der Waals surface area contributed by atoms with Crippen LogP contribution in [0.2, 0.25) is 0 Å². The van der Waals surface area contributed by atoms with Crippen molar-refractivity contribution in [1.29, 1.82) is 0 Å². The van der Waals surface area contributed by atoms with Crippen LogP contribution in [0.15, 0.2) is 35.3 Å². The van der Waals surface area contributed by atoms with E-state index in [0.717, 1.165) is 51.9 Å². The fraction of sp³-hybridized carbons (Fsp3) is 0.667. The standard InChI is InChI=1S/C21H34N4O/c1-18(16-25-11-13-26-14-12-25)15-23-20(22-2)24-17-21(9-6-10-21)19-7-4-3-5-8-19/h3-5,7-8,18H,6,9-17H2,1-2H3,(H2,22,23,24). The van der Waals surface area contributed by atoms with Crippen molar-refractivity contribution in [3.8, 4) is 0 Å². The van der Waals surface area contributed by atoms with Gasteiger partial charge in [-0.3, -0.25) is 9.89 Å². The molecule has 1 aliphatic heterocycles. The van der Waals surface area contributed by atoms with Crippen LogP contribution >= 0.6 is 0 Å². The molecular weight excluding hydrogens is 324 g/mol. The van der Waals surface area contributed by atoms with Gasteiger partial charge < -0.3 is 15.4 Å². The normalized spacial score (nSPS) is 21.7. The second-order valence-electron chi connectivity index (χ2n) is 7.82. The molecule has 2 fully saturated rings. The quantitative estimate of drug-likeness (QED) is 0.580. The minimum absolute atomic E-state index is 0.276. The van der Waals surface area contributed by atoms with E-state index in [2.05, 4.69) is 57.8 Å². The van der Waals surface area contributed by atoms with Crippen molar-refractivity contribution in [1.82, 2.24) is 15.5 Å². The number of hydrogen-bond donors (Lipinski definition) is 2. The zero-order chi connectivity index (χ0) is 18.2. The number of nitrogens with zero attached hydrogens (tertiary/aromatic N) is 2. The topological polar surface area (TPSA) is 48.9 Å². The van der Waals surface area contributed by atoms with Crippen LogP contribution in [0, 0.1) is 5.92 Å². The van der Waals surface area contributed by atoms with Gasteiger partial charge in [-0.15, -0.1) is 0 Å². The second kappa shape index (κ2) is 9.38. The number of ether oxygens (including phenoxy) is 1. The van der Waals surface area contributed by atoms with E-state index in [1.165, 1.54) is 24.8 Å². The molecule has 3 rings (SSSR count). The van der Waals surface area contributed by atoms with Gasteiger partial charge in [0, 0.05) is 45.2 Å². The molecule has 0 spiro atoms. The third kappa shape index (κ3) is 4.98. The van der Waals surface area contributed by atoms with E-state index < -0.39 is 0 Å². The first-order valence-corrected chi connectivity index (χ1v) is 10.0. The lowest BCUT2D eigenvalue weighted by molar-refractivity contribution is 0.0320. The van der Waals surface area contributed by atoms with Crippen molar-refractivity contribution in [2.24, 2.45) is 10.9 Å². The number of hydrogen-bond acceptors (Lipinski definition) is 3. The van der Waals surface area contributed by atoms with Gasteiger partial charge >= 0.3 is 0 Å². The second-order valence-corrected chi connectivity index (χ2v) is 7.82. The predicted molar refractivity (Wildman–Crippen MR) is 108 cm³/mol. The summed E-state index contributed by atoms with van der Waals surface area (Å²) in [5.41, 5.74) is 1.73. The Morgan fingerprint density at radius 2 is 1.92 bits per heavy atom. The van der Waals surface area contributed by atoms with Crippen LogP contribution in [0.1, 0.15) is 31.7 Å². The van der Waals surface area contributed by atoms with Crippen LogP contribution in [0.3, 0.4) is 0 Å². The first kappa shape index (κ1) is 19.2. The molecule has 0 radical (unpaired) electrons. The van der Waals surface area contributed by atoms with E-state index in [1.807, 2.05) is 7.05 Å². The van der Waals surface area contributed by atoms with Crippen LogP contribution < -0.4 is 10.6 Å². The molecule has 5 heteroatoms. The molecule has 144 valence electrons. The number of benzene rings is 1. The summed E-state index contributed by atoms with van der Waals surface area (Å²) in [5.74, 6) is 1.50. The fourth-order valence-electron chi connectivity index (χ4n) is 4.00. The monoisotopic (exact) mass is 358 g/mol. The highest BCUT2D eigenvalue weighted by Crippen LogP contribution is 2.43. The first-order valence-electron chi connectivity index (χ1n) is 10.0. The summed E-state index contributed by atoms with van der Waals surface area (Å²) >= 11 is 0. The average Bonchev–Trinajstić information content (AvgIpc) is 2.65. The number of nitrogens with one attached hydrogen (secondary N) is 2. The number of morpholine rings is 1. The molecule has 0 amide bonds. The van der Waals surface area contributed by atoms with Crippen molar-refractivity contribution >= 4 is 5.96 Å². The molecule has 1 aromatic carbocycles. The highest BCUT2D eigenvalue weighted by Gasteiger charge is 2.38. The van der Waals surface area contributed by atoms with E-state index in [0.29, 0.717) is 5.92 Å². The van der Waals surface area contributed by atoms with Gasteiger partial charge in [-0.2, -0.15) is 0 Å². The first-order chi connectivity index (χ1) is 12.7. The van der Waals surface area contributed by atoms with Crippen molar-refractivity contribution < 1.29 is 4.74 Å². The summed E-state index contributed by atoms with van der Waals surface area (Å²) in [6.45, 7) is 9.14. The van der Waals surface area contributed by atoms with Crippen molar-refractivity contribution in [2.45, 2.75) is 31.6 Å². The highest BCUT2D eigenvalue weighted by molar-refractivity contribution is 5.79. The third-order valence-electron chi connectivity index (χ3n) is 5.81. The molecule has 26 heavy (non-hydrogen) atoms. The number of aliphatic imine (C=N–C) groups is 1. The summed E-state index contributed by atoms with van der Waals surface area (Å²) in [5, 5.41) is 7.09. The Kier molecular flexibility index (Phi) is 6.92. The summed E-state index contributed by atoms with van der Waals surface area (Å²) in [7, 11) is 1.86. The van der Waals surface area contributed by atoms with Crippen molar-refractivity contribution in [3.05, 3.63) is 35.9 Å². The summed E-state index contributed by atoms with van der Waals surface area (Å²) in [4.78, 5) is 6.91. The lowest BCUT2D eigenvalue weighted by Crippen LogP contribution is -2.50. The maximum absolute atomic E-state index is 5.43. The lowest BCUT2D eigenvalue weighted by Gasteiger charge is -2.43. The van der Waals surface area contributed by atoms with Gasteiger partial charge in [0.2, 0.25) is 0 Å². The zero-order valence-electron chi connectivity index (χ0n) is 16.3. The van der Waals surface area contributed by atoms with E-state index >= 15 is 0 Å². The van der Waals surface area contributed by atoms with E-state index in [-0.39, 0.29) is 5.41 Å². The minimum Gasteiger partial charge on any atom is -0.379 e. The summed E-state index contributed by atoms with van der Waals surface area (Å²) < 4.78 is 5.43. The van der Waals surface area contributed by atoms with Crippen LogP contribution in [-0.2, 0) is 10.2 Å². The van der Waals surface area contributed by atoms with Crippen LogP contribution in [-0.4, -0.2) is 63.8 Å². The maximum atomic E-state index is 5.43. The molecule has 1 saturated heterocycles. The Morgan fingerprint density at radius 1 is 1.19 bits per heavy atom. The molecule has 0 aromatic heterocycles. The van der Waals surface area contributed by atoms with Crippen LogP contribution in [0.5, 0.6) is 0 Å². The molecule has 1 unspecified atom stereocenters. The van der Waals surface area contributed by atoms with E-state index in [1.54, 1.807) is 0 Å². The lowest BCUT2D eigenvalue weighted by atomic mass is 9.64. The van der Waals surface area contributed by atoms with Gasteiger partial charge in [-0.1, -0.05) is 43.7 Å².